The van der Waals surface area contributed by atoms with E-state index in [2.05, 4.69) is 67.8 Å². The van der Waals surface area contributed by atoms with E-state index in [4.69, 9.17) is 9.47 Å². The molecule has 1 aliphatic rings. The Bertz CT molecular complexity index is 1290. The summed E-state index contributed by atoms with van der Waals surface area (Å²) < 4.78 is 11.3. The molecule has 0 bridgehead atoms. The number of carbonyl (C=O) groups excluding carboxylic acids is 1. The molecule has 0 aromatic carbocycles. The van der Waals surface area contributed by atoms with Crippen molar-refractivity contribution in [2.24, 2.45) is 0 Å². The molecule has 0 spiro atoms. The molecule has 73 heavy (non-hydrogen) atoms. The van der Waals surface area contributed by atoms with E-state index in [1.165, 1.54) is 199 Å². The molecule has 1 rings (SSSR count). The normalized spacial score (nSPS) is 19.4. The summed E-state index contributed by atoms with van der Waals surface area (Å²) in [5.41, 5.74) is 0. The first kappa shape index (κ1) is 69.2. The molecule has 1 heterocycles. The fraction of sp³-hybridized carbons (Fsp3) is 0.859. The van der Waals surface area contributed by atoms with Crippen molar-refractivity contribution in [3.63, 3.8) is 0 Å². The molecule has 1 aliphatic heterocycles. The average Bonchev–Trinajstić information content (AvgIpc) is 3.39. The standard InChI is InChI=1S/C64H119NO8/c1-3-5-7-9-11-13-15-17-19-21-23-25-27-28-29-30-32-33-35-37-39-41-43-45-47-49-51-53-58(67)57(56-72-64-63(71)62(70)61(69)59(55-66)73-64)65-60(68)54-52-50-48-46-44-42-40-38-36-34-31-26-24-22-20-18-16-14-12-10-8-6-4-2/h6,8,12,14,18,20,24,26,57-59,61-64,66-67,69-71H,3-5,7,9-11,13,15-17,19,21-23,25,27-56H2,1-2H3,(H,65,68)/b8-6-,14-12-,20-18-,26-24-. The lowest BCUT2D eigenvalue weighted by Gasteiger charge is -2.40. The van der Waals surface area contributed by atoms with Gasteiger partial charge in [-0.25, -0.2) is 0 Å². The van der Waals surface area contributed by atoms with E-state index in [0.717, 1.165) is 70.6 Å². The first-order chi connectivity index (χ1) is 35.8. The second-order valence-corrected chi connectivity index (χ2v) is 21.8. The third-order valence-electron chi connectivity index (χ3n) is 14.9. The first-order valence-corrected chi connectivity index (χ1v) is 31.3. The average molecular weight is 1030 g/mol. The van der Waals surface area contributed by atoms with Gasteiger partial charge in [-0.05, 0) is 51.4 Å². The van der Waals surface area contributed by atoms with E-state index in [9.17, 15) is 30.3 Å². The van der Waals surface area contributed by atoms with Crippen LogP contribution in [0.15, 0.2) is 48.6 Å². The molecule has 0 saturated carbocycles. The maximum atomic E-state index is 13.1. The number of hydrogen-bond acceptors (Lipinski definition) is 8. The second-order valence-electron chi connectivity index (χ2n) is 21.8. The minimum absolute atomic E-state index is 0.139. The minimum Gasteiger partial charge on any atom is -0.394 e. The lowest BCUT2D eigenvalue weighted by Crippen LogP contribution is -2.60. The Labute approximate surface area is 450 Å². The lowest BCUT2D eigenvalue weighted by atomic mass is 9.99. The second kappa shape index (κ2) is 53.5. The fourth-order valence-corrected chi connectivity index (χ4v) is 10.0. The van der Waals surface area contributed by atoms with Crippen LogP contribution in [-0.2, 0) is 14.3 Å². The van der Waals surface area contributed by atoms with Gasteiger partial charge in [0, 0.05) is 6.42 Å². The Morgan fingerprint density at radius 3 is 1.26 bits per heavy atom. The highest BCUT2D eigenvalue weighted by atomic mass is 16.7. The van der Waals surface area contributed by atoms with Gasteiger partial charge < -0.3 is 40.3 Å². The van der Waals surface area contributed by atoms with Crippen molar-refractivity contribution in [1.82, 2.24) is 5.32 Å². The number of aliphatic hydroxyl groups excluding tert-OH is 5. The number of rotatable bonds is 54. The van der Waals surface area contributed by atoms with Crippen LogP contribution in [0.4, 0.5) is 0 Å². The summed E-state index contributed by atoms with van der Waals surface area (Å²) in [6.07, 6.45) is 64.3. The van der Waals surface area contributed by atoms with E-state index in [1.807, 2.05) is 0 Å². The van der Waals surface area contributed by atoms with Crippen molar-refractivity contribution in [2.45, 2.75) is 339 Å². The summed E-state index contributed by atoms with van der Waals surface area (Å²) in [4.78, 5) is 13.1. The highest BCUT2D eigenvalue weighted by molar-refractivity contribution is 5.76. The Kier molecular flexibility index (Phi) is 50.7. The number of amides is 1. The summed E-state index contributed by atoms with van der Waals surface area (Å²) in [6.45, 7) is 3.76. The van der Waals surface area contributed by atoms with Gasteiger partial charge in [-0.2, -0.15) is 0 Å². The topological polar surface area (TPSA) is 149 Å². The molecule has 1 fully saturated rings. The predicted molar refractivity (Wildman–Crippen MR) is 309 cm³/mol. The zero-order chi connectivity index (χ0) is 52.9. The quantitative estimate of drug-likeness (QED) is 0.0261. The van der Waals surface area contributed by atoms with Crippen molar-refractivity contribution >= 4 is 5.91 Å². The van der Waals surface area contributed by atoms with Crippen LogP contribution in [0.3, 0.4) is 0 Å². The van der Waals surface area contributed by atoms with Crippen LogP contribution in [0.1, 0.15) is 296 Å². The smallest absolute Gasteiger partial charge is 0.220 e. The van der Waals surface area contributed by atoms with Crippen LogP contribution in [0.25, 0.3) is 0 Å². The van der Waals surface area contributed by atoms with Crippen molar-refractivity contribution in [1.29, 1.82) is 0 Å². The zero-order valence-electron chi connectivity index (χ0n) is 47.6. The van der Waals surface area contributed by atoms with Crippen LogP contribution < -0.4 is 5.32 Å². The molecule has 9 heteroatoms. The Morgan fingerprint density at radius 1 is 0.479 bits per heavy atom. The van der Waals surface area contributed by atoms with Crippen LogP contribution in [0.5, 0.6) is 0 Å². The molecule has 0 aromatic heterocycles. The van der Waals surface area contributed by atoms with Gasteiger partial charge in [-0.3, -0.25) is 4.79 Å². The molecule has 0 radical (unpaired) electrons. The van der Waals surface area contributed by atoms with E-state index in [-0.39, 0.29) is 12.5 Å². The predicted octanol–water partition coefficient (Wildman–Crippen LogP) is 16.1. The Morgan fingerprint density at radius 2 is 0.849 bits per heavy atom. The monoisotopic (exact) mass is 1030 g/mol. The van der Waals surface area contributed by atoms with Crippen molar-refractivity contribution in [3.8, 4) is 0 Å². The third-order valence-corrected chi connectivity index (χ3v) is 14.9. The van der Waals surface area contributed by atoms with Crippen molar-refractivity contribution in [3.05, 3.63) is 48.6 Å². The SMILES string of the molecule is CC/C=C\C/C=C\C/C=C\C/C=C\CCCCCCCCCCCCC(=O)NC(COC1OC(CO)C(O)C(O)C1O)C(O)CCCCCCCCCCCCCCCCCCCCCCCCCCCCC. The minimum atomic E-state index is -1.56. The highest BCUT2D eigenvalue weighted by Crippen LogP contribution is 2.23. The molecule has 1 amide bonds. The molecular weight excluding hydrogens is 911 g/mol. The number of allylic oxidation sites excluding steroid dienone is 8. The summed E-state index contributed by atoms with van der Waals surface area (Å²) in [5.74, 6) is -0.146. The van der Waals surface area contributed by atoms with Gasteiger partial charge in [0.2, 0.25) is 5.91 Å². The summed E-state index contributed by atoms with van der Waals surface area (Å²) in [5, 5.41) is 54.8. The zero-order valence-corrected chi connectivity index (χ0v) is 47.6. The van der Waals surface area contributed by atoms with Crippen LogP contribution in [0.2, 0.25) is 0 Å². The van der Waals surface area contributed by atoms with E-state index in [1.54, 1.807) is 0 Å². The van der Waals surface area contributed by atoms with E-state index < -0.39 is 49.5 Å². The molecule has 7 unspecified atom stereocenters. The molecule has 7 atom stereocenters. The Balaban J connectivity index is 2.17. The molecule has 0 aromatic rings. The highest BCUT2D eigenvalue weighted by Gasteiger charge is 2.44. The number of nitrogens with one attached hydrogen (secondary N) is 1. The van der Waals surface area contributed by atoms with Gasteiger partial charge in [0.15, 0.2) is 6.29 Å². The molecular formula is C64H119NO8. The number of aliphatic hydroxyl groups is 5. The summed E-state index contributed by atoms with van der Waals surface area (Å²) >= 11 is 0. The number of ether oxygens (including phenoxy) is 2. The van der Waals surface area contributed by atoms with Gasteiger partial charge in [-0.1, -0.05) is 287 Å². The third kappa shape index (κ3) is 42.9. The van der Waals surface area contributed by atoms with E-state index >= 15 is 0 Å². The largest absolute Gasteiger partial charge is 0.394 e. The summed E-state index contributed by atoms with van der Waals surface area (Å²) in [6, 6.07) is -0.724. The number of unbranched alkanes of at least 4 members (excludes halogenated alkanes) is 36. The lowest BCUT2D eigenvalue weighted by molar-refractivity contribution is -0.302. The first-order valence-electron chi connectivity index (χ1n) is 31.3. The summed E-state index contributed by atoms with van der Waals surface area (Å²) in [7, 11) is 0. The van der Waals surface area contributed by atoms with Gasteiger partial charge in [-0.15, -0.1) is 0 Å². The van der Waals surface area contributed by atoms with Crippen molar-refractivity contribution < 1.29 is 39.8 Å². The van der Waals surface area contributed by atoms with Gasteiger partial charge in [0.1, 0.15) is 24.4 Å². The number of hydrogen-bond donors (Lipinski definition) is 6. The van der Waals surface area contributed by atoms with E-state index in [0.29, 0.717) is 12.8 Å². The molecule has 0 aliphatic carbocycles. The van der Waals surface area contributed by atoms with Gasteiger partial charge in [0.05, 0.1) is 25.4 Å². The van der Waals surface area contributed by atoms with Crippen LogP contribution >= 0.6 is 0 Å². The molecule has 6 N–H and O–H groups in total. The fourth-order valence-electron chi connectivity index (χ4n) is 10.0. The Hall–Kier alpha value is -1.85. The van der Waals surface area contributed by atoms with Crippen LogP contribution in [0, 0.1) is 0 Å². The molecule has 9 nitrogen and oxygen atoms in total. The van der Waals surface area contributed by atoms with Gasteiger partial charge >= 0.3 is 0 Å². The maximum absolute atomic E-state index is 13.1. The number of carbonyl (C=O) groups is 1. The maximum Gasteiger partial charge on any atom is 0.220 e. The molecule has 428 valence electrons. The van der Waals surface area contributed by atoms with Crippen molar-refractivity contribution in [2.75, 3.05) is 13.2 Å². The van der Waals surface area contributed by atoms with Gasteiger partial charge in [0.25, 0.3) is 0 Å². The van der Waals surface area contributed by atoms with Crippen LogP contribution in [-0.4, -0.2) is 87.5 Å². The molecule has 1 saturated heterocycles.